The fourth-order valence-corrected chi connectivity index (χ4v) is 4.04. The second-order valence-electron chi connectivity index (χ2n) is 5.92. The topological polar surface area (TPSA) is 62.3 Å². The van der Waals surface area contributed by atoms with Crippen LogP contribution in [0.25, 0.3) is 5.57 Å². The maximum Gasteiger partial charge on any atom is 0.278 e. The first-order valence-corrected chi connectivity index (χ1v) is 9.86. The van der Waals surface area contributed by atoms with Crippen molar-refractivity contribution in [1.29, 1.82) is 0 Å². The van der Waals surface area contributed by atoms with Gasteiger partial charge in [0.15, 0.2) is 0 Å². The molecule has 0 saturated carbocycles. The molecular weight excluding hydrogens is 426 g/mol. The van der Waals surface area contributed by atoms with Gasteiger partial charge in [-0.15, -0.1) is 11.3 Å². The largest absolute Gasteiger partial charge is 0.350 e. The summed E-state index contributed by atoms with van der Waals surface area (Å²) in [6, 6.07) is 14.8. The zero-order chi connectivity index (χ0) is 18.8. The van der Waals surface area contributed by atoms with E-state index in [1.54, 1.807) is 18.5 Å². The number of pyridine rings is 1. The van der Waals surface area contributed by atoms with Gasteiger partial charge < -0.3 is 5.32 Å². The van der Waals surface area contributed by atoms with E-state index >= 15 is 0 Å². The fourth-order valence-electron chi connectivity index (χ4n) is 2.87. The molecule has 0 atom stereocenters. The first-order valence-electron chi connectivity index (χ1n) is 8.19. The Kier molecular flexibility index (Phi) is 4.87. The average Bonchev–Trinajstić information content (AvgIpc) is 3.26. The third-order valence-corrected chi connectivity index (χ3v) is 5.47. The molecule has 7 heteroatoms. The number of hydrogen-bond acceptors (Lipinski definition) is 5. The van der Waals surface area contributed by atoms with Gasteiger partial charge in [-0.25, -0.2) is 0 Å². The summed E-state index contributed by atoms with van der Waals surface area (Å²) < 4.78 is 0.884. The molecule has 0 bridgehead atoms. The standard InChI is InChI=1S/C20H14BrN3O2S/c21-14-5-1-6-15(10-14)23-18-17(16-7-3-9-27-16)19(25)24(20(18)26)12-13-4-2-8-22-11-13/h1-11,23H,12H2. The first kappa shape index (κ1) is 17.6. The van der Waals surface area contributed by atoms with Crippen molar-refractivity contribution < 1.29 is 9.59 Å². The number of thiophene rings is 1. The number of carbonyl (C=O) groups excluding carboxylic acids is 2. The number of benzene rings is 1. The summed E-state index contributed by atoms with van der Waals surface area (Å²) in [6.07, 6.45) is 3.32. The predicted octanol–water partition coefficient (Wildman–Crippen LogP) is 4.30. The predicted molar refractivity (Wildman–Crippen MR) is 109 cm³/mol. The zero-order valence-electron chi connectivity index (χ0n) is 14.1. The van der Waals surface area contributed by atoms with Gasteiger partial charge in [0.05, 0.1) is 12.1 Å². The quantitative estimate of drug-likeness (QED) is 0.602. The lowest BCUT2D eigenvalue weighted by Crippen LogP contribution is -2.32. The molecule has 2 amide bonds. The highest BCUT2D eigenvalue weighted by molar-refractivity contribution is 9.10. The van der Waals surface area contributed by atoms with Crippen LogP contribution in [0.3, 0.4) is 0 Å². The molecule has 3 aromatic rings. The van der Waals surface area contributed by atoms with Crippen LogP contribution in [0.5, 0.6) is 0 Å². The minimum atomic E-state index is -0.341. The summed E-state index contributed by atoms with van der Waals surface area (Å²) in [4.78, 5) is 32.2. The van der Waals surface area contributed by atoms with Gasteiger partial charge in [0.25, 0.3) is 11.8 Å². The maximum atomic E-state index is 13.1. The first-order chi connectivity index (χ1) is 13.1. The lowest BCUT2D eigenvalue weighted by molar-refractivity contribution is -0.137. The van der Waals surface area contributed by atoms with Crippen LogP contribution in [0.15, 0.2) is 76.5 Å². The number of nitrogens with one attached hydrogen (secondary N) is 1. The Bertz CT molecular complexity index is 1030. The van der Waals surface area contributed by atoms with Crippen molar-refractivity contribution in [2.24, 2.45) is 0 Å². The van der Waals surface area contributed by atoms with Gasteiger partial charge in [0, 0.05) is 27.4 Å². The SMILES string of the molecule is O=C1C(Nc2cccc(Br)c2)=C(c2cccs2)C(=O)N1Cc1cccnc1. The molecule has 3 heterocycles. The van der Waals surface area contributed by atoms with E-state index in [0.29, 0.717) is 11.3 Å². The molecule has 5 nitrogen and oxygen atoms in total. The van der Waals surface area contributed by atoms with Crippen molar-refractivity contribution in [2.75, 3.05) is 5.32 Å². The molecule has 1 aliphatic heterocycles. The van der Waals surface area contributed by atoms with Gasteiger partial charge in [-0.1, -0.05) is 34.1 Å². The van der Waals surface area contributed by atoms with E-state index in [-0.39, 0.29) is 18.4 Å². The second kappa shape index (κ2) is 7.46. The number of hydrogen-bond donors (Lipinski definition) is 1. The van der Waals surface area contributed by atoms with Gasteiger partial charge in [-0.05, 0) is 41.3 Å². The summed E-state index contributed by atoms with van der Waals surface area (Å²) in [5.41, 5.74) is 2.23. The molecule has 27 heavy (non-hydrogen) atoms. The van der Waals surface area contributed by atoms with Gasteiger partial charge in [-0.2, -0.15) is 0 Å². The van der Waals surface area contributed by atoms with Crippen molar-refractivity contribution in [3.05, 3.63) is 86.9 Å². The van der Waals surface area contributed by atoms with Crippen LogP contribution >= 0.6 is 27.3 Å². The Hall–Kier alpha value is -2.77. The number of halogens is 1. The molecular formula is C20H14BrN3O2S. The van der Waals surface area contributed by atoms with E-state index in [2.05, 4.69) is 26.2 Å². The minimum Gasteiger partial charge on any atom is -0.350 e. The van der Waals surface area contributed by atoms with Crippen molar-refractivity contribution in [3.8, 4) is 0 Å². The van der Waals surface area contributed by atoms with Crippen LogP contribution in [-0.4, -0.2) is 21.7 Å². The minimum absolute atomic E-state index is 0.185. The summed E-state index contributed by atoms with van der Waals surface area (Å²) in [5, 5.41) is 5.03. The van der Waals surface area contributed by atoms with E-state index in [9.17, 15) is 9.59 Å². The third-order valence-electron chi connectivity index (χ3n) is 4.09. The highest BCUT2D eigenvalue weighted by atomic mass is 79.9. The van der Waals surface area contributed by atoms with Crippen molar-refractivity contribution in [3.63, 3.8) is 0 Å². The third kappa shape index (κ3) is 3.56. The summed E-state index contributed by atoms with van der Waals surface area (Å²) >= 11 is 4.86. The number of amides is 2. The van der Waals surface area contributed by atoms with Crippen LogP contribution in [0, 0.1) is 0 Å². The van der Waals surface area contributed by atoms with E-state index in [4.69, 9.17) is 0 Å². The van der Waals surface area contributed by atoms with Gasteiger partial charge in [-0.3, -0.25) is 19.5 Å². The molecule has 0 aliphatic carbocycles. The van der Waals surface area contributed by atoms with Gasteiger partial charge in [0.2, 0.25) is 0 Å². The molecule has 0 saturated heterocycles. The maximum absolute atomic E-state index is 13.1. The number of rotatable bonds is 5. The number of nitrogens with zero attached hydrogens (tertiary/aromatic N) is 2. The van der Waals surface area contributed by atoms with Crippen LogP contribution in [0.4, 0.5) is 5.69 Å². The molecule has 1 aromatic carbocycles. The monoisotopic (exact) mass is 439 g/mol. The Morgan fingerprint density at radius 3 is 2.67 bits per heavy atom. The van der Waals surface area contributed by atoms with Crippen LogP contribution < -0.4 is 5.32 Å². The van der Waals surface area contributed by atoms with Gasteiger partial charge >= 0.3 is 0 Å². The summed E-state index contributed by atoms with van der Waals surface area (Å²) in [5.74, 6) is -0.643. The Morgan fingerprint density at radius 1 is 1.07 bits per heavy atom. The summed E-state index contributed by atoms with van der Waals surface area (Å²) in [7, 11) is 0. The van der Waals surface area contributed by atoms with Crippen LogP contribution in [0.1, 0.15) is 10.4 Å². The van der Waals surface area contributed by atoms with Crippen molar-refractivity contribution in [1.82, 2.24) is 9.88 Å². The van der Waals surface area contributed by atoms with E-state index in [1.807, 2.05) is 47.8 Å². The average molecular weight is 440 g/mol. The smallest absolute Gasteiger partial charge is 0.278 e. The molecule has 1 aliphatic rings. The van der Waals surface area contributed by atoms with E-state index < -0.39 is 0 Å². The normalized spacial score (nSPS) is 14.2. The van der Waals surface area contributed by atoms with E-state index in [1.165, 1.54) is 16.2 Å². The molecule has 134 valence electrons. The number of aromatic nitrogens is 1. The lowest BCUT2D eigenvalue weighted by atomic mass is 10.2. The van der Waals surface area contributed by atoms with Gasteiger partial charge in [0.1, 0.15) is 5.70 Å². The van der Waals surface area contributed by atoms with Crippen molar-refractivity contribution >= 4 is 50.3 Å². The van der Waals surface area contributed by atoms with Crippen LogP contribution in [0.2, 0.25) is 0 Å². The van der Waals surface area contributed by atoms with E-state index in [0.717, 1.165) is 20.6 Å². The van der Waals surface area contributed by atoms with Crippen molar-refractivity contribution in [2.45, 2.75) is 6.54 Å². The molecule has 4 rings (SSSR count). The second-order valence-corrected chi connectivity index (χ2v) is 7.78. The highest BCUT2D eigenvalue weighted by Crippen LogP contribution is 2.33. The Balaban J connectivity index is 1.72. The molecule has 1 N–H and O–H groups in total. The zero-order valence-corrected chi connectivity index (χ0v) is 16.5. The number of carbonyl (C=O) groups is 2. The lowest BCUT2D eigenvalue weighted by Gasteiger charge is -2.15. The molecule has 2 aromatic heterocycles. The Morgan fingerprint density at radius 2 is 1.96 bits per heavy atom. The molecule has 0 spiro atoms. The molecule has 0 unspecified atom stereocenters. The van der Waals surface area contributed by atoms with Crippen LogP contribution in [-0.2, 0) is 16.1 Å². The molecule has 0 fully saturated rings. The summed E-state index contributed by atoms with van der Waals surface area (Å²) in [6.45, 7) is 0.185. The fraction of sp³-hybridized carbons (Fsp3) is 0.0500. The molecule has 0 radical (unpaired) electrons. The number of imide groups is 1. The Labute approximate surface area is 168 Å². The highest BCUT2D eigenvalue weighted by Gasteiger charge is 2.39. The number of anilines is 1.